The van der Waals surface area contributed by atoms with E-state index < -0.39 is 0 Å². The summed E-state index contributed by atoms with van der Waals surface area (Å²) in [6, 6.07) is 8.08. The number of carbonyl (C=O) groups is 1. The summed E-state index contributed by atoms with van der Waals surface area (Å²) in [6.07, 6.45) is 3.63. The molecule has 1 amide bonds. The van der Waals surface area contributed by atoms with Crippen LogP contribution < -0.4 is 10.6 Å². The predicted molar refractivity (Wildman–Crippen MR) is 123 cm³/mol. The highest BCUT2D eigenvalue weighted by molar-refractivity contribution is 5.96. The van der Waals surface area contributed by atoms with Crippen LogP contribution in [0.25, 0.3) is 16.0 Å². The molecule has 2 aliphatic heterocycles. The van der Waals surface area contributed by atoms with Crippen LogP contribution in [0.1, 0.15) is 46.1 Å². The zero-order valence-electron chi connectivity index (χ0n) is 18.5. The molecular weight excluding hydrogens is 402 g/mol. The number of rotatable bonds is 0. The number of pyridine rings is 1. The number of aryl methyl sites for hydroxylation is 2. The van der Waals surface area contributed by atoms with Gasteiger partial charge in [0.1, 0.15) is 11.5 Å². The standard InChI is InChI=1S/C24H25N7O/c1-14-7-8-16-17(10-14)19-6-5-9-31(19)20-11-15(12-27-22(20)25)21-18(13-29(3)24(16)32)28-30(4)23(21)26-2/h7-8,10-12,19H,5-6,9,13H2,1,3-4H3,(H2,25,27)/t19-/m1/s1. The third-order valence-corrected chi connectivity index (χ3v) is 6.47. The Hall–Kier alpha value is -3.86. The first-order chi connectivity index (χ1) is 15.4. The highest BCUT2D eigenvalue weighted by Gasteiger charge is 2.33. The minimum atomic E-state index is -0.0526. The number of carbonyl (C=O) groups excluding carboxylic acids is 1. The number of aromatic nitrogens is 3. The van der Waals surface area contributed by atoms with Gasteiger partial charge in [-0.05, 0) is 43.0 Å². The van der Waals surface area contributed by atoms with Gasteiger partial charge in [0.25, 0.3) is 11.7 Å². The van der Waals surface area contributed by atoms with Gasteiger partial charge in [-0.1, -0.05) is 24.3 Å². The maximum atomic E-state index is 13.6. The van der Waals surface area contributed by atoms with Gasteiger partial charge in [-0.15, -0.1) is 5.10 Å². The average Bonchev–Trinajstić information content (AvgIpc) is 3.37. The lowest BCUT2D eigenvalue weighted by Gasteiger charge is -2.31. The van der Waals surface area contributed by atoms with Crippen molar-refractivity contribution in [3.8, 4) is 11.1 Å². The number of fused-ring (bicyclic) bond motifs is 8. The zero-order valence-corrected chi connectivity index (χ0v) is 18.5. The molecule has 8 heteroatoms. The van der Waals surface area contributed by atoms with Gasteiger partial charge < -0.3 is 20.4 Å². The Morgan fingerprint density at radius 1 is 1.25 bits per heavy atom. The summed E-state index contributed by atoms with van der Waals surface area (Å²) in [5.41, 5.74) is 12.2. The molecule has 1 saturated heterocycles. The van der Waals surface area contributed by atoms with Crippen molar-refractivity contribution in [1.29, 1.82) is 0 Å². The molecule has 2 aromatic heterocycles. The Morgan fingerprint density at radius 2 is 2.06 bits per heavy atom. The van der Waals surface area contributed by atoms with E-state index in [1.54, 1.807) is 29.9 Å². The van der Waals surface area contributed by atoms with E-state index in [1.165, 1.54) is 0 Å². The smallest absolute Gasteiger partial charge is 0.260 e. The fourth-order valence-corrected chi connectivity index (χ4v) is 4.97. The van der Waals surface area contributed by atoms with Crippen LogP contribution in [0, 0.1) is 13.5 Å². The fraction of sp³-hybridized carbons (Fsp3) is 0.333. The summed E-state index contributed by atoms with van der Waals surface area (Å²) < 4.78 is 1.57. The zero-order chi connectivity index (χ0) is 22.6. The molecule has 1 aromatic carbocycles. The first kappa shape index (κ1) is 20.1. The maximum absolute atomic E-state index is 13.6. The van der Waals surface area contributed by atoms with Crippen molar-refractivity contribution in [3.63, 3.8) is 0 Å². The van der Waals surface area contributed by atoms with Gasteiger partial charge in [0, 0.05) is 30.9 Å². The van der Waals surface area contributed by atoms with E-state index in [0.29, 0.717) is 35.0 Å². The Morgan fingerprint density at radius 3 is 2.84 bits per heavy atom. The number of nitrogens with two attached hydrogens (primary N) is 1. The molecule has 5 rings (SSSR count). The lowest BCUT2D eigenvalue weighted by atomic mass is 9.94. The highest BCUT2D eigenvalue weighted by Crippen LogP contribution is 2.43. The number of amides is 1. The highest BCUT2D eigenvalue weighted by atomic mass is 16.2. The summed E-state index contributed by atoms with van der Waals surface area (Å²) in [4.78, 5) is 25.7. The molecule has 32 heavy (non-hydrogen) atoms. The van der Waals surface area contributed by atoms with Crippen molar-refractivity contribution < 1.29 is 4.79 Å². The van der Waals surface area contributed by atoms with Crippen molar-refractivity contribution in [1.82, 2.24) is 19.7 Å². The monoisotopic (exact) mass is 427 g/mol. The Kier molecular flexibility index (Phi) is 4.63. The van der Waals surface area contributed by atoms with Crippen LogP contribution >= 0.6 is 0 Å². The van der Waals surface area contributed by atoms with Crippen molar-refractivity contribution in [2.24, 2.45) is 7.05 Å². The Bertz CT molecular complexity index is 1290. The average molecular weight is 428 g/mol. The lowest BCUT2D eigenvalue weighted by molar-refractivity contribution is 0.0782. The number of benzene rings is 1. The molecule has 4 heterocycles. The summed E-state index contributed by atoms with van der Waals surface area (Å²) in [6.45, 7) is 10.9. The number of hydrogen-bond donors (Lipinski definition) is 1. The molecule has 2 bridgehead atoms. The van der Waals surface area contributed by atoms with Crippen LogP contribution in [0.3, 0.4) is 0 Å². The van der Waals surface area contributed by atoms with Gasteiger partial charge in [-0.25, -0.2) is 9.67 Å². The Balaban J connectivity index is 1.81. The van der Waals surface area contributed by atoms with Crippen molar-refractivity contribution in [2.45, 2.75) is 32.4 Å². The van der Waals surface area contributed by atoms with Crippen molar-refractivity contribution >= 4 is 23.2 Å². The third kappa shape index (κ3) is 3.01. The maximum Gasteiger partial charge on any atom is 0.260 e. The molecule has 8 nitrogen and oxygen atoms in total. The number of nitrogens with zero attached hydrogens (tertiary/aromatic N) is 6. The van der Waals surface area contributed by atoms with Crippen LogP contribution in [-0.2, 0) is 13.6 Å². The van der Waals surface area contributed by atoms with Crippen LogP contribution in [-0.4, -0.2) is 39.2 Å². The summed E-state index contributed by atoms with van der Waals surface area (Å²) >= 11 is 0. The van der Waals surface area contributed by atoms with Crippen LogP contribution in [0.15, 0.2) is 30.5 Å². The van der Waals surface area contributed by atoms with Crippen LogP contribution in [0.4, 0.5) is 17.3 Å². The van der Waals surface area contributed by atoms with Crippen molar-refractivity contribution in [3.05, 3.63) is 64.3 Å². The normalized spacial score (nSPS) is 17.7. The molecule has 0 spiro atoms. The van der Waals surface area contributed by atoms with Gasteiger partial charge in [0.2, 0.25) is 0 Å². The first-order valence-electron chi connectivity index (χ1n) is 10.7. The molecular formula is C24H25N7O. The molecule has 2 aliphatic rings. The van der Waals surface area contributed by atoms with E-state index in [4.69, 9.17) is 12.3 Å². The van der Waals surface area contributed by atoms with E-state index in [2.05, 4.69) is 25.9 Å². The summed E-state index contributed by atoms with van der Waals surface area (Å²) in [5.74, 6) is 0.817. The van der Waals surface area contributed by atoms with E-state index in [1.807, 2.05) is 25.1 Å². The second-order valence-electron chi connectivity index (χ2n) is 8.61. The van der Waals surface area contributed by atoms with E-state index in [0.717, 1.165) is 41.8 Å². The second kappa shape index (κ2) is 7.38. The Labute approximate surface area is 187 Å². The molecule has 3 aromatic rings. The minimum absolute atomic E-state index is 0.0368. The quantitative estimate of drug-likeness (QED) is 0.551. The second-order valence-corrected chi connectivity index (χ2v) is 8.61. The molecule has 1 fully saturated rings. The largest absolute Gasteiger partial charge is 0.382 e. The SMILES string of the molecule is [C-]#[N+]c1c2c(nn1C)CN(C)C(=O)c1ccc(C)cc1[C@H]1CCCN1c1cc-2cnc1N. The number of nitrogen functional groups attached to an aromatic ring is 1. The molecule has 0 saturated carbocycles. The molecule has 162 valence electrons. The fourth-order valence-electron chi connectivity index (χ4n) is 4.97. The van der Waals surface area contributed by atoms with Gasteiger partial charge in [-0.2, -0.15) is 0 Å². The van der Waals surface area contributed by atoms with E-state index in [-0.39, 0.29) is 11.9 Å². The van der Waals surface area contributed by atoms with Gasteiger partial charge in [-0.3, -0.25) is 4.79 Å². The predicted octanol–water partition coefficient (Wildman–Crippen LogP) is 3.85. The van der Waals surface area contributed by atoms with Crippen LogP contribution in [0.5, 0.6) is 0 Å². The topological polar surface area (TPSA) is 84.6 Å². The van der Waals surface area contributed by atoms with Gasteiger partial charge >= 0.3 is 0 Å². The molecule has 0 radical (unpaired) electrons. The van der Waals surface area contributed by atoms with Crippen LogP contribution in [0.2, 0.25) is 0 Å². The molecule has 0 aliphatic carbocycles. The van der Waals surface area contributed by atoms with Crippen molar-refractivity contribution in [2.75, 3.05) is 24.2 Å². The first-order valence-corrected chi connectivity index (χ1v) is 10.7. The van der Waals surface area contributed by atoms with Gasteiger partial charge in [0.05, 0.1) is 25.3 Å². The third-order valence-electron chi connectivity index (χ3n) is 6.47. The van der Waals surface area contributed by atoms with E-state index in [9.17, 15) is 4.79 Å². The van der Waals surface area contributed by atoms with Gasteiger partial charge in [0.15, 0.2) is 0 Å². The summed E-state index contributed by atoms with van der Waals surface area (Å²) in [5, 5.41) is 4.58. The molecule has 2 N–H and O–H groups in total. The summed E-state index contributed by atoms with van der Waals surface area (Å²) in [7, 11) is 3.54. The lowest BCUT2D eigenvalue weighted by Crippen LogP contribution is -2.31. The molecule has 1 atom stereocenters. The molecule has 0 unspecified atom stereocenters. The minimum Gasteiger partial charge on any atom is -0.382 e. The number of hydrogen-bond acceptors (Lipinski definition) is 5. The van der Waals surface area contributed by atoms with E-state index >= 15 is 0 Å². The number of anilines is 2.